The Labute approximate surface area is 174 Å². The van der Waals surface area contributed by atoms with Gasteiger partial charge in [-0.15, -0.1) is 0 Å². The van der Waals surface area contributed by atoms with Gasteiger partial charge < -0.3 is 5.32 Å². The molecule has 0 fully saturated rings. The maximum Gasteiger partial charge on any atom is 0.227 e. The molecule has 2 N–H and O–H groups in total. The molecule has 3 rings (SSSR count). The highest BCUT2D eigenvalue weighted by atomic mass is 35.5. The number of rotatable bonds is 7. The lowest BCUT2D eigenvalue weighted by atomic mass is 9.86. The van der Waals surface area contributed by atoms with Crippen LogP contribution in [0.3, 0.4) is 0 Å². The van der Waals surface area contributed by atoms with Crippen LogP contribution >= 0.6 is 23.2 Å². The number of halogens is 2. The fourth-order valence-electron chi connectivity index (χ4n) is 3.18. The molecule has 0 saturated heterocycles. The first kappa shape index (κ1) is 20.4. The highest BCUT2D eigenvalue weighted by Crippen LogP contribution is 2.26. The van der Waals surface area contributed by atoms with Crippen LogP contribution in [0.15, 0.2) is 48.5 Å². The van der Waals surface area contributed by atoms with Crippen molar-refractivity contribution in [3.8, 4) is 0 Å². The number of hydrogen-bond acceptors (Lipinski definition) is 3. The zero-order chi connectivity index (χ0) is 20.1. The van der Waals surface area contributed by atoms with Gasteiger partial charge in [0, 0.05) is 22.0 Å². The van der Waals surface area contributed by atoms with Crippen molar-refractivity contribution in [3.63, 3.8) is 0 Å². The Kier molecular flexibility index (Phi) is 6.70. The van der Waals surface area contributed by atoms with Gasteiger partial charge in [0.2, 0.25) is 5.91 Å². The monoisotopic (exact) mass is 416 g/mol. The summed E-state index contributed by atoms with van der Waals surface area (Å²) in [7, 11) is 0. The minimum atomic E-state index is -0.110. The number of hydrogen-bond donors (Lipinski definition) is 2. The Morgan fingerprint density at radius 3 is 2.25 bits per heavy atom. The summed E-state index contributed by atoms with van der Waals surface area (Å²) < 4.78 is 0. The van der Waals surface area contributed by atoms with E-state index < -0.39 is 0 Å². The first-order valence-corrected chi connectivity index (χ1v) is 9.83. The maximum atomic E-state index is 12.5. The molecular formula is C21H22Cl2N4O. The second-order valence-corrected chi connectivity index (χ2v) is 7.73. The molecule has 0 radical (unpaired) electrons. The van der Waals surface area contributed by atoms with Crippen LogP contribution in [0.5, 0.6) is 0 Å². The number of aromatic nitrogens is 3. The molecule has 2 aromatic carbocycles. The molecule has 28 heavy (non-hydrogen) atoms. The van der Waals surface area contributed by atoms with E-state index in [0.29, 0.717) is 21.7 Å². The van der Waals surface area contributed by atoms with Gasteiger partial charge in [0.15, 0.2) is 5.82 Å². The number of aromatic amines is 1. The molecular weight excluding hydrogens is 395 g/mol. The molecule has 1 aromatic heterocycles. The average molecular weight is 417 g/mol. The Bertz CT molecular complexity index is 922. The van der Waals surface area contributed by atoms with Crippen LogP contribution in [0.2, 0.25) is 10.0 Å². The topological polar surface area (TPSA) is 70.7 Å². The third kappa shape index (κ3) is 5.57. The molecule has 2 unspecified atom stereocenters. The van der Waals surface area contributed by atoms with Crippen molar-refractivity contribution in [2.75, 3.05) is 0 Å². The van der Waals surface area contributed by atoms with E-state index in [1.165, 1.54) is 0 Å². The van der Waals surface area contributed by atoms with Gasteiger partial charge in [-0.1, -0.05) is 47.5 Å². The SMILES string of the molecule is Cc1nc(CC(=O)NC(C)C(Cc2ccc(Cl)cc2)c2ccc(Cl)cc2)n[nH]1. The summed E-state index contributed by atoms with van der Waals surface area (Å²) in [5.41, 5.74) is 2.26. The molecule has 1 heterocycles. The van der Waals surface area contributed by atoms with Crippen LogP contribution in [0.25, 0.3) is 0 Å². The summed E-state index contributed by atoms with van der Waals surface area (Å²) in [6.07, 6.45) is 0.906. The first-order chi connectivity index (χ1) is 13.4. The fraction of sp³-hybridized carbons (Fsp3) is 0.286. The molecule has 0 bridgehead atoms. The van der Waals surface area contributed by atoms with Crippen molar-refractivity contribution in [3.05, 3.63) is 81.4 Å². The summed E-state index contributed by atoms with van der Waals surface area (Å²) in [6, 6.07) is 15.4. The fourth-order valence-corrected chi connectivity index (χ4v) is 3.44. The van der Waals surface area contributed by atoms with Gasteiger partial charge in [-0.05, 0) is 55.7 Å². The summed E-state index contributed by atoms with van der Waals surface area (Å²) in [5.74, 6) is 1.15. The lowest BCUT2D eigenvalue weighted by Crippen LogP contribution is -2.38. The van der Waals surface area contributed by atoms with Gasteiger partial charge in [0.1, 0.15) is 5.82 Å². The van der Waals surface area contributed by atoms with Crippen LogP contribution in [0.4, 0.5) is 0 Å². The van der Waals surface area contributed by atoms with E-state index in [2.05, 4.69) is 20.5 Å². The lowest BCUT2D eigenvalue weighted by molar-refractivity contribution is -0.121. The summed E-state index contributed by atoms with van der Waals surface area (Å²) in [6.45, 7) is 3.82. The lowest BCUT2D eigenvalue weighted by Gasteiger charge is -2.26. The van der Waals surface area contributed by atoms with Crippen LogP contribution in [0, 0.1) is 6.92 Å². The number of carbonyl (C=O) groups is 1. The standard InChI is InChI=1S/C21H22Cl2N4O/c1-13(24-21(28)12-20-25-14(2)26-27-20)19(16-5-9-18(23)10-6-16)11-15-3-7-17(22)8-4-15/h3-10,13,19H,11-12H2,1-2H3,(H,24,28)(H,25,26,27). The maximum absolute atomic E-state index is 12.5. The molecule has 0 aliphatic heterocycles. The first-order valence-electron chi connectivity index (χ1n) is 9.08. The number of nitrogens with one attached hydrogen (secondary N) is 2. The van der Waals surface area contributed by atoms with Crippen LogP contribution in [-0.4, -0.2) is 27.1 Å². The number of benzene rings is 2. The Hall–Kier alpha value is -2.37. The van der Waals surface area contributed by atoms with Gasteiger partial charge in [-0.3, -0.25) is 9.89 Å². The Morgan fingerprint density at radius 1 is 1.07 bits per heavy atom. The minimum absolute atomic E-state index is 0.0799. The molecule has 0 aliphatic rings. The Morgan fingerprint density at radius 2 is 1.68 bits per heavy atom. The molecule has 2 atom stereocenters. The normalized spacial score (nSPS) is 13.1. The van der Waals surface area contributed by atoms with E-state index in [1.54, 1.807) is 6.92 Å². The van der Waals surface area contributed by atoms with Crippen molar-refractivity contribution < 1.29 is 4.79 Å². The second kappa shape index (κ2) is 9.22. The summed E-state index contributed by atoms with van der Waals surface area (Å²) >= 11 is 12.1. The quantitative estimate of drug-likeness (QED) is 0.595. The number of aryl methyl sites for hydroxylation is 1. The third-order valence-corrected chi connectivity index (χ3v) is 5.13. The molecule has 0 aliphatic carbocycles. The molecule has 0 saturated carbocycles. The summed E-state index contributed by atoms with van der Waals surface area (Å²) in [5, 5.41) is 11.3. The zero-order valence-electron chi connectivity index (χ0n) is 15.7. The summed E-state index contributed by atoms with van der Waals surface area (Å²) in [4.78, 5) is 16.7. The third-order valence-electron chi connectivity index (χ3n) is 4.62. The molecule has 1 amide bonds. The van der Waals surface area contributed by atoms with E-state index in [4.69, 9.17) is 23.2 Å². The van der Waals surface area contributed by atoms with E-state index in [0.717, 1.165) is 17.5 Å². The highest BCUT2D eigenvalue weighted by molar-refractivity contribution is 6.30. The van der Waals surface area contributed by atoms with Gasteiger partial charge in [0.25, 0.3) is 0 Å². The number of carbonyl (C=O) groups excluding carboxylic acids is 1. The van der Waals surface area contributed by atoms with Crippen molar-refractivity contribution in [2.24, 2.45) is 0 Å². The van der Waals surface area contributed by atoms with E-state index in [1.807, 2.05) is 55.5 Å². The highest BCUT2D eigenvalue weighted by Gasteiger charge is 2.22. The van der Waals surface area contributed by atoms with Crippen molar-refractivity contribution >= 4 is 29.1 Å². The Balaban J connectivity index is 1.75. The van der Waals surface area contributed by atoms with Gasteiger partial charge in [-0.25, -0.2) is 4.98 Å². The zero-order valence-corrected chi connectivity index (χ0v) is 17.3. The van der Waals surface area contributed by atoms with Crippen LogP contribution < -0.4 is 5.32 Å². The van der Waals surface area contributed by atoms with E-state index >= 15 is 0 Å². The average Bonchev–Trinajstić information content (AvgIpc) is 3.06. The predicted molar refractivity (Wildman–Crippen MR) is 112 cm³/mol. The van der Waals surface area contributed by atoms with Crippen molar-refractivity contribution in [1.82, 2.24) is 20.5 Å². The van der Waals surface area contributed by atoms with Gasteiger partial charge in [0.05, 0.1) is 6.42 Å². The van der Waals surface area contributed by atoms with Crippen LogP contribution in [0.1, 0.15) is 35.6 Å². The number of amides is 1. The minimum Gasteiger partial charge on any atom is -0.353 e. The molecule has 146 valence electrons. The predicted octanol–water partition coefficient (Wildman–Crippen LogP) is 4.49. The molecule has 5 nitrogen and oxygen atoms in total. The van der Waals surface area contributed by atoms with Gasteiger partial charge >= 0.3 is 0 Å². The van der Waals surface area contributed by atoms with E-state index in [-0.39, 0.29) is 24.3 Å². The number of H-pyrrole nitrogens is 1. The van der Waals surface area contributed by atoms with E-state index in [9.17, 15) is 4.79 Å². The number of nitrogens with zero attached hydrogens (tertiary/aromatic N) is 2. The van der Waals surface area contributed by atoms with Crippen molar-refractivity contribution in [1.29, 1.82) is 0 Å². The van der Waals surface area contributed by atoms with Crippen LogP contribution in [-0.2, 0) is 17.6 Å². The van der Waals surface area contributed by atoms with Crippen molar-refractivity contribution in [2.45, 2.75) is 38.6 Å². The smallest absolute Gasteiger partial charge is 0.227 e. The van der Waals surface area contributed by atoms with Gasteiger partial charge in [-0.2, -0.15) is 5.10 Å². The largest absolute Gasteiger partial charge is 0.353 e. The second-order valence-electron chi connectivity index (χ2n) is 6.86. The molecule has 0 spiro atoms. The molecule has 3 aromatic rings. The molecule has 7 heteroatoms.